The highest BCUT2D eigenvalue weighted by Crippen LogP contribution is 2.34. The number of hydrogen-bond acceptors (Lipinski definition) is 3. The smallest absolute Gasteiger partial charge is 0.410 e. The van der Waals surface area contributed by atoms with Crippen molar-refractivity contribution in [2.45, 2.75) is 46.6 Å². The van der Waals surface area contributed by atoms with Crippen LogP contribution in [0.4, 0.5) is 4.79 Å². The van der Waals surface area contributed by atoms with Crippen LogP contribution in [-0.4, -0.2) is 29.7 Å². The summed E-state index contributed by atoms with van der Waals surface area (Å²) in [7, 11) is 0. The van der Waals surface area contributed by atoms with Gasteiger partial charge in [-0.05, 0) is 32.6 Å². The van der Waals surface area contributed by atoms with E-state index in [0.29, 0.717) is 13.1 Å². The number of amides is 1. The van der Waals surface area contributed by atoms with Crippen molar-refractivity contribution in [1.29, 1.82) is 5.26 Å². The van der Waals surface area contributed by atoms with E-state index in [-0.39, 0.29) is 17.4 Å². The first-order valence-corrected chi connectivity index (χ1v) is 6.03. The third-order valence-corrected chi connectivity index (χ3v) is 3.04. The molecule has 4 nitrogen and oxygen atoms in total. The molecule has 17 heavy (non-hydrogen) atoms. The molecule has 0 aromatic heterocycles. The Kier molecular flexibility index (Phi) is 3.71. The molecule has 1 rings (SSSR count). The third-order valence-electron chi connectivity index (χ3n) is 3.04. The second-order valence-electron chi connectivity index (χ2n) is 6.36. The second-order valence-corrected chi connectivity index (χ2v) is 6.36. The number of ether oxygens (including phenoxy) is 1. The number of hydrogen-bond donors (Lipinski definition) is 0. The zero-order chi connectivity index (χ0) is 13.3. The van der Waals surface area contributed by atoms with E-state index in [1.807, 2.05) is 34.6 Å². The van der Waals surface area contributed by atoms with Gasteiger partial charge in [0.05, 0.1) is 12.0 Å². The van der Waals surface area contributed by atoms with Gasteiger partial charge in [-0.25, -0.2) is 4.79 Å². The second kappa shape index (κ2) is 4.56. The minimum Gasteiger partial charge on any atom is -0.444 e. The maximum atomic E-state index is 11.9. The van der Waals surface area contributed by atoms with Crippen LogP contribution in [0.5, 0.6) is 0 Å². The number of nitriles is 1. The predicted octanol–water partition coefficient (Wildman–Crippen LogP) is 2.79. The topological polar surface area (TPSA) is 53.3 Å². The number of rotatable bonds is 0. The normalized spacial score (nSPS) is 24.0. The summed E-state index contributed by atoms with van der Waals surface area (Å²) < 4.78 is 5.34. The highest BCUT2D eigenvalue weighted by Gasteiger charge is 2.38. The lowest BCUT2D eigenvalue weighted by atomic mass is 9.75. The van der Waals surface area contributed by atoms with Gasteiger partial charge in [0, 0.05) is 13.1 Å². The van der Waals surface area contributed by atoms with Gasteiger partial charge < -0.3 is 9.64 Å². The lowest BCUT2D eigenvalue weighted by Crippen LogP contribution is -2.49. The Morgan fingerprint density at radius 1 is 1.47 bits per heavy atom. The Bertz CT molecular complexity index is 336. The van der Waals surface area contributed by atoms with E-state index in [2.05, 4.69) is 6.07 Å². The SMILES string of the molecule is CC(C)(C)OC(=O)N1CCC(C#N)C(C)(C)C1. The average Bonchev–Trinajstić information content (AvgIpc) is 2.13. The van der Waals surface area contributed by atoms with Gasteiger partial charge in [-0.3, -0.25) is 0 Å². The van der Waals surface area contributed by atoms with Crippen molar-refractivity contribution in [2.75, 3.05) is 13.1 Å². The maximum Gasteiger partial charge on any atom is 0.410 e. The highest BCUT2D eigenvalue weighted by atomic mass is 16.6. The van der Waals surface area contributed by atoms with Crippen LogP contribution in [0.25, 0.3) is 0 Å². The van der Waals surface area contributed by atoms with Gasteiger partial charge in [0.2, 0.25) is 0 Å². The molecule has 1 atom stereocenters. The van der Waals surface area contributed by atoms with Gasteiger partial charge in [-0.2, -0.15) is 5.26 Å². The molecular formula is C13H22N2O2. The fourth-order valence-electron chi connectivity index (χ4n) is 2.08. The fraction of sp³-hybridized carbons (Fsp3) is 0.846. The predicted molar refractivity (Wildman–Crippen MR) is 65.3 cm³/mol. The van der Waals surface area contributed by atoms with Crippen LogP contribution >= 0.6 is 0 Å². The Hall–Kier alpha value is -1.24. The molecule has 1 aliphatic rings. The molecule has 0 aromatic carbocycles. The molecule has 1 amide bonds. The third kappa shape index (κ3) is 3.62. The fourth-order valence-corrected chi connectivity index (χ4v) is 2.08. The van der Waals surface area contributed by atoms with E-state index in [9.17, 15) is 4.79 Å². The number of piperidine rings is 1. The largest absolute Gasteiger partial charge is 0.444 e. The molecule has 1 unspecified atom stereocenters. The molecule has 0 aliphatic carbocycles. The Balaban J connectivity index is 2.66. The average molecular weight is 238 g/mol. The molecule has 1 aliphatic heterocycles. The number of likely N-dealkylation sites (tertiary alicyclic amines) is 1. The van der Waals surface area contributed by atoms with Crippen molar-refractivity contribution < 1.29 is 9.53 Å². The minimum atomic E-state index is -0.465. The number of carbonyl (C=O) groups is 1. The quantitative estimate of drug-likeness (QED) is 0.652. The van der Waals surface area contributed by atoms with Gasteiger partial charge in [0.25, 0.3) is 0 Å². The minimum absolute atomic E-state index is 0.0150. The molecule has 0 spiro atoms. The van der Waals surface area contributed by atoms with Crippen LogP contribution in [0.15, 0.2) is 0 Å². The van der Waals surface area contributed by atoms with E-state index in [1.54, 1.807) is 4.90 Å². The van der Waals surface area contributed by atoms with Gasteiger partial charge in [-0.1, -0.05) is 13.8 Å². The monoisotopic (exact) mass is 238 g/mol. The summed E-state index contributed by atoms with van der Waals surface area (Å²) in [6, 6.07) is 2.32. The van der Waals surface area contributed by atoms with E-state index in [4.69, 9.17) is 10.00 Å². The highest BCUT2D eigenvalue weighted by molar-refractivity contribution is 5.68. The first-order chi connectivity index (χ1) is 7.65. The number of nitrogens with zero attached hydrogens (tertiary/aromatic N) is 2. The van der Waals surface area contributed by atoms with Crippen molar-refractivity contribution in [3.05, 3.63) is 0 Å². The summed E-state index contributed by atoms with van der Waals surface area (Å²) in [6.45, 7) is 10.8. The molecule has 0 bridgehead atoms. The first kappa shape index (κ1) is 13.8. The van der Waals surface area contributed by atoms with Crippen molar-refractivity contribution in [3.63, 3.8) is 0 Å². The Morgan fingerprint density at radius 3 is 2.47 bits per heavy atom. The van der Waals surface area contributed by atoms with Gasteiger partial charge in [0.1, 0.15) is 5.60 Å². The molecule has 0 N–H and O–H groups in total. The molecule has 1 saturated heterocycles. The van der Waals surface area contributed by atoms with Crippen LogP contribution < -0.4 is 0 Å². The van der Waals surface area contributed by atoms with Crippen molar-refractivity contribution in [2.24, 2.45) is 11.3 Å². The molecule has 96 valence electrons. The molecule has 1 fully saturated rings. The molecular weight excluding hydrogens is 216 g/mol. The van der Waals surface area contributed by atoms with Crippen molar-refractivity contribution >= 4 is 6.09 Å². The van der Waals surface area contributed by atoms with Crippen LogP contribution in [-0.2, 0) is 4.74 Å². The van der Waals surface area contributed by atoms with Gasteiger partial charge in [-0.15, -0.1) is 0 Å². The zero-order valence-electron chi connectivity index (χ0n) is 11.4. The van der Waals surface area contributed by atoms with E-state index >= 15 is 0 Å². The Labute approximate surface area is 104 Å². The summed E-state index contributed by atoms with van der Waals surface area (Å²) in [4.78, 5) is 13.6. The van der Waals surface area contributed by atoms with Crippen LogP contribution in [0, 0.1) is 22.7 Å². The Morgan fingerprint density at radius 2 is 2.06 bits per heavy atom. The number of carbonyl (C=O) groups excluding carboxylic acids is 1. The molecule has 4 heteroatoms. The van der Waals surface area contributed by atoms with Gasteiger partial charge >= 0.3 is 6.09 Å². The standard InChI is InChI=1S/C13H22N2O2/c1-12(2,3)17-11(16)15-7-6-10(8-14)13(4,5)9-15/h10H,6-7,9H2,1-5H3. The maximum absolute atomic E-state index is 11.9. The van der Waals surface area contributed by atoms with E-state index in [1.165, 1.54) is 0 Å². The van der Waals surface area contributed by atoms with Gasteiger partial charge in [0.15, 0.2) is 0 Å². The molecule has 0 saturated carbocycles. The summed E-state index contributed by atoms with van der Waals surface area (Å²) in [5.41, 5.74) is -0.628. The summed E-state index contributed by atoms with van der Waals surface area (Å²) in [6.07, 6.45) is 0.449. The summed E-state index contributed by atoms with van der Waals surface area (Å²) in [5, 5.41) is 9.05. The summed E-state index contributed by atoms with van der Waals surface area (Å²) in [5.74, 6) is 0.0150. The lowest BCUT2D eigenvalue weighted by molar-refractivity contribution is 0.00246. The molecule has 1 heterocycles. The van der Waals surface area contributed by atoms with Crippen molar-refractivity contribution in [3.8, 4) is 6.07 Å². The van der Waals surface area contributed by atoms with Crippen LogP contribution in [0.3, 0.4) is 0 Å². The van der Waals surface area contributed by atoms with E-state index in [0.717, 1.165) is 6.42 Å². The molecule has 0 aromatic rings. The van der Waals surface area contributed by atoms with Crippen molar-refractivity contribution in [1.82, 2.24) is 4.90 Å². The lowest BCUT2D eigenvalue weighted by Gasteiger charge is -2.41. The van der Waals surface area contributed by atoms with Crippen LogP contribution in [0.1, 0.15) is 41.0 Å². The summed E-state index contributed by atoms with van der Waals surface area (Å²) >= 11 is 0. The zero-order valence-corrected chi connectivity index (χ0v) is 11.4. The molecule has 0 radical (unpaired) electrons. The first-order valence-electron chi connectivity index (χ1n) is 6.03. The van der Waals surface area contributed by atoms with E-state index < -0.39 is 5.60 Å². The van der Waals surface area contributed by atoms with Crippen LogP contribution in [0.2, 0.25) is 0 Å².